The van der Waals surface area contributed by atoms with Crippen LogP contribution in [0.1, 0.15) is 58.8 Å². The molecule has 0 aromatic rings. The second kappa shape index (κ2) is 5.62. The highest BCUT2D eigenvalue weighted by Crippen LogP contribution is 2.51. The Labute approximate surface area is 121 Å². The molecule has 2 rings (SSSR count). The van der Waals surface area contributed by atoms with Gasteiger partial charge in [0.05, 0.1) is 0 Å². The SMILES string of the molecule is CC(C)C1(CNC(=O)C2(C(N)=NO)CCCCC2)CC1. The zero-order chi connectivity index (χ0) is 14.8. The summed E-state index contributed by atoms with van der Waals surface area (Å²) < 4.78 is 0. The van der Waals surface area contributed by atoms with Gasteiger partial charge in [0.25, 0.3) is 0 Å². The molecule has 5 nitrogen and oxygen atoms in total. The Morgan fingerprint density at radius 3 is 2.30 bits per heavy atom. The molecule has 0 spiro atoms. The predicted octanol–water partition coefficient (Wildman–Crippen LogP) is 2.24. The maximum atomic E-state index is 12.6. The van der Waals surface area contributed by atoms with Crippen LogP contribution in [0.3, 0.4) is 0 Å². The number of carbonyl (C=O) groups excluding carboxylic acids is 1. The van der Waals surface area contributed by atoms with Gasteiger partial charge in [-0.2, -0.15) is 0 Å². The van der Waals surface area contributed by atoms with E-state index in [9.17, 15) is 4.79 Å². The fourth-order valence-electron chi connectivity index (χ4n) is 3.39. The topological polar surface area (TPSA) is 87.7 Å². The monoisotopic (exact) mass is 281 g/mol. The standard InChI is InChI=1S/C15H27N3O2/c1-11(2)14(8-9-14)10-17-13(19)15(12(16)18-20)6-4-3-5-7-15/h11,20H,3-10H2,1-2H3,(H2,16,18)(H,17,19). The van der Waals surface area contributed by atoms with E-state index in [4.69, 9.17) is 10.9 Å². The highest BCUT2D eigenvalue weighted by Gasteiger charge is 2.48. The minimum atomic E-state index is -0.792. The Bertz CT molecular complexity index is 394. The van der Waals surface area contributed by atoms with Gasteiger partial charge in [-0.05, 0) is 37.0 Å². The molecule has 2 saturated carbocycles. The maximum Gasteiger partial charge on any atom is 0.233 e. The number of nitrogens with zero attached hydrogens (tertiary/aromatic N) is 1. The van der Waals surface area contributed by atoms with E-state index in [0.29, 0.717) is 25.3 Å². The van der Waals surface area contributed by atoms with Gasteiger partial charge in [-0.15, -0.1) is 0 Å². The molecule has 2 fully saturated rings. The van der Waals surface area contributed by atoms with Gasteiger partial charge in [-0.1, -0.05) is 38.3 Å². The van der Waals surface area contributed by atoms with Crippen LogP contribution in [0.5, 0.6) is 0 Å². The number of carbonyl (C=O) groups is 1. The third-order valence-electron chi connectivity index (χ3n) is 5.46. The van der Waals surface area contributed by atoms with E-state index in [1.165, 1.54) is 12.8 Å². The van der Waals surface area contributed by atoms with Gasteiger partial charge < -0.3 is 16.3 Å². The second-order valence-corrected chi connectivity index (χ2v) is 6.83. The van der Waals surface area contributed by atoms with E-state index in [1.807, 2.05) is 0 Å². The summed E-state index contributed by atoms with van der Waals surface area (Å²) in [5.74, 6) is 0.595. The predicted molar refractivity (Wildman–Crippen MR) is 78.4 cm³/mol. The molecule has 0 aliphatic heterocycles. The van der Waals surface area contributed by atoms with Gasteiger partial charge in [-0.3, -0.25) is 4.79 Å². The molecule has 114 valence electrons. The largest absolute Gasteiger partial charge is 0.409 e. The Hall–Kier alpha value is -1.26. The van der Waals surface area contributed by atoms with Crippen molar-refractivity contribution in [2.75, 3.05) is 6.54 Å². The molecule has 0 unspecified atom stereocenters. The first-order valence-electron chi connectivity index (χ1n) is 7.73. The molecule has 2 aliphatic rings. The van der Waals surface area contributed by atoms with Crippen molar-refractivity contribution in [3.8, 4) is 0 Å². The lowest BCUT2D eigenvalue weighted by molar-refractivity contribution is -0.129. The van der Waals surface area contributed by atoms with E-state index in [0.717, 1.165) is 19.3 Å². The highest BCUT2D eigenvalue weighted by atomic mass is 16.4. The van der Waals surface area contributed by atoms with Gasteiger partial charge in [0.2, 0.25) is 5.91 Å². The Morgan fingerprint density at radius 2 is 1.85 bits per heavy atom. The average Bonchev–Trinajstić information content (AvgIpc) is 3.25. The zero-order valence-corrected chi connectivity index (χ0v) is 12.6. The highest BCUT2D eigenvalue weighted by molar-refractivity contribution is 6.06. The van der Waals surface area contributed by atoms with Gasteiger partial charge in [0, 0.05) is 6.54 Å². The molecule has 5 heteroatoms. The van der Waals surface area contributed by atoms with E-state index < -0.39 is 5.41 Å². The molecular weight excluding hydrogens is 254 g/mol. The number of rotatable bonds is 5. The fraction of sp³-hybridized carbons (Fsp3) is 0.867. The molecule has 1 amide bonds. The number of hydrogen-bond donors (Lipinski definition) is 3. The minimum absolute atomic E-state index is 0.0561. The molecule has 4 N–H and O–H groups in total. The minimum Gasteiger partial charge on any atom is -0.409 e. The summed E-state index contributed by atoms with van der Waals surface area (Å²) in [5.41, 5.74) is 5.32. The van der Waals surface area contributed by atoms with E-state index in [-0.39, 0.29) is 17.2 Å². The van der Waals surface area contributed by atoms with Crippen LogP contribution in [-0.4, -0.2) is 23.5 Å². The zero-order valence-electron chi connectivity index (χ0n) is 12.6. The molecule has 0 aromatic carbocycles. The average molecular weight is 281 g/mol. The van der Waals surface area contributed by atoms with Crippen molar-refractivity contribution in [1.82, 2.24) is 5.32 Å². The number of oxime groups is 1. The molecule has 0 bridgehead atoms. The lowest BCUT2D eigenvalue weighted by atomic mass is 9.72. The first-order chi connectivity index (χ1) is 9.47. The summed E-state index contributed by atoms with van der Waals surface area (Å²) >= 11 is 0. The third-order valence-corrected chi connectivity index (χ3v) is 5.46. The van der Waals surface area contributed by atoms with Gasteiger partial charge >= 0.3 is 0 Å². The lowest BCUT2D eigenvalue weighted by Gasteiger charge is -2.35. The molecule has 20 heavy (non-hydrogen) atoms. The maximum absolute atomic E-state index is 12.6. The van der Waals surface area contributed by atoms with Crippen molar-refractivity contribution in [1.29, 1.82) is 0 Å². The molecule has 0 atom stereocenters. The first-order valence-corrected chi connectivity index (χ1v) is 7.73. The van der Waals surface area contributed by atoms with E-state index >= 15 is 0 Å². The summed E-state index contributed by atoms with van der Waals surface area (Å²) in [6.07, 6.45) is 6.76. The van der Waals surface area contributed by atoms with Crippen LogP contribution in [0.15, 0.2) is 5.16 Å². The molecule has 0 radical (unpaired) electrons. The number of nitrogens with two attached hydrogens (primary N) is 1. The van der Waals surface area contributed by atoms with Gasteiger partial charge in [-0.25, -0.2) is 0 Å². The second-order valence-electron chi connectivity index (χ2n) is 6.83. The Morgan fingerprint density at radius 1 is 1.25 bits per heavy atom. The van der Waals surface area contributed by atoms with Crippen molar-refractivity contribution in [3.63, 3.8) is 0 Å². The number of nitrogens with one attached hydrogen (secondary N) is 1. The van der Waals surface area contributed by atoms with Gasteiger partial charge in [0.15, 0.2) is 5.84 Å². The number of amidine groups is 1. The fourth-order valence-corrected chi connectivity index (χ4v) is 3.39. The van der Waals surface area contributed by atoms with Crippen LogP contribution in [0.25, 0.3) is 0 Å². The van der Waals surface area contributed by atoms with Crippen molar-refractivity contribution >= 4 is 11.7 Å². The van der Waals surface area contributed by atoms with E-state index in [1.54, 1.807) is 0 Å². The van der Waals surface area contributed by atoms with Gasteiger partial charge in [0.1, 0.15) is 5.41 Å². The molecule has 0 saturated heterocycles. The molecule has 0 aromatic heterocycles. The van der Waals surface area contributed by atoms with Crippen LogP contribution < -0.4 is 11.1 Å². The molecular formula is C15H27N3O2. The number of amides is 1. The van der Waals surface area contributed by atoms with Crippen LogP contribution in [0, 0.1) is 16.7 Å². The lowest BCUT2D eigenvalue weighted by Crippen LogP contribution is -2.52. The normalized spacial score (nSPS) is 24.4. The van der Waals surface area contributed by atoms with E-state index in [2.05, 4.69) is 24.3 Å². The molecule has 2 aliphatic carbocycles. The quantitative estimate of drug-likeness (QED) is 0.312. The van der Waals surface area contributed by atoms with Crippen molar-refractivity contribution in [2.45, 2.75) is 58.8 Å². The van der Waals surface area contributed by atoms with Crippen LogP contribution >= 0.6 is 0 Å². The van der Waals surface area contributed by atoms with Crippen molar-refractivity contribution < 1.29 is 10.0 Å². The summed E-state index contributed by atoms with van der Waals surface area (Å²) in [7, 11) is 0. The Kier molecular flexibility index (Phi) is 4.25. The van der Waals surface area contributed by atoms with Crippen LogP contribution in [0.4, 0.5) is 0 Å². The van der Waals surface area contributed by atoms with Crippen molar-refractivity contribution in [2.24, 2.45) is 27.6 Å². The third kappa shape index (κ3) is 2.63. The summed E-state index contributed by atoms with van der Waals surface area (Å²) in [4.78, 5) is 12.6. The smallest absolute Gasteiger partial charge is 0.233 e. The molecule has 0 heterocycles. The first kappa shape index (κ1) is 15.1. The summed E-state index contributed by atoms with van der Waals surface area (Å²) in [6.45, 7) is 5.13. The Balaban J connectivity index is 2.04. The van der Waals surface area contributed by atoms with Crippen LogP contribution in [-0.2, 0) is 4.79 Å². The van der Waals surface area contributed by atoms with Crippen molar-refractivity contribution in [3.05, 3.63) is 0 Å². The summed E-state index contributed by atoms with van der Waals surface area (Å²) in [6, 6.07) is 0. The summed E-state index contributed by atoms with van der Waals surface area (Å²) in [5, 5.41) is 15.2. The number of hydrogen-bond acceptors (Lipinski definition) is 3. The van der Waals surface area contributed by atoms with Crippen LogP contribution in [0.2, 0.25) is 0 Å².